The lowest BCUT2D eigenvalue weighted by atomic mass is 9.94. The average Bonchev–Trinajstić information content (AvgIpc) is 2.43. The van der Waals surface area contributed by atoms with Crippen molar-refractivity contribution in [3.05, 3.63) is 0 Å². The van der Waals surface area contributed by atoms with E-state index < -0.39 is 23.6 Å². The first-order valence-electron chi connectivity index (χ1n) is 7.33. The molecule has 1 unspecified atom stereocenters. The standard InChI is InChI=1S/C14H26N2O5/c1-4-10(2)11(12(17)18)15-13(19)16(3)9-14(20)5-7-21-8-6-14/h10-11,20H,4-9H2,1-3H3,(H,15,19)(H,17,18)/t10?,11-/m0/s1. The van der Waals surface area contributed by atoms with E-state index in [2.05, 4.69) is 5.32 Å². The number of nitrogens with zero attached hydrogens (tertiary/aromatic N) is 1. The van der Waals surface area contributed by atoms with Crippen molar-refractivity contribution in [3.63, 3.8) is 0 Å². The molecule has 0 spiro atoms. The Hall–Kier alpha value is -1.34. The van der Waals surface area contributed by atoms with Gasteiger partial charge in [-0.15, -0.1) is 0 Å². The molecule has 1 aliphatic rings. The van der Waals surface area contributed by atoms with Crippen molar-refractivity contribution < 1.29 is 24.5 Å². The first kappa shape index (κ1) is 17.7. The SMILES string of the molecule is CCC(C)[C@H](NC(=O)N(C)CC1(O)CCOCC1)C(=O)O. The quantitative estimate of drug-likeness (QED) is 0.669. The van der Waals surface area contributed by atoms with Crippen LogP contribution in [0.15, 0.2) is 0 Å². The number of carbonyl (C=O) groups is 2. The summed E-state index contributed by atoms with van der Waals surface area (Å²) in [6, 6.07) is -1.41. The number of hydrogen-bond acceptors (Lipinski definition) is 4. The molecule has 21 heavy (non-hydrogen) atoms. The molecular weight excluding hydrogens is 276 g/mol. The Kier molecular flexibility index (Phi) is 6.42. The van der Waals surface area contributed by atoms with E-state index in [4.69, 9.17) is 4.74 Å². The Balaban J connectivity index is 2.58. The van der Waals surface area contributed by atoms with Gasteiger partial charge in [-0.1, -0.05) is 20.3 Å². The highest BCUT2D eigenvalue weighted by Crippen LogP contribution is 2.21. The third-order valence-electron chi connectivity index (χ3n) is 4.06. The van der Waals surface area contributed by atoms with Crippen molar-refractivity contribution in [2.24, 2.45) is 5.92 Å². The third kappa shape index (κ3) is 5.17. The van der Waals surface area contributed by atoms with Crippen LogP contribution in [-0.4, -0.2) is 65.6 Å². The number of hydrogen-bond donors (Lipinski definition) is 3. The first-order valence-corrected chi connectivity index (χ1v) is 7.33. The summed E-state index contributed by atoms with van der Waals surface area (Å²) in [5.74, 6) is -1.21. The van der Waals surface area contributed by atoms with E-state index >= 15 is 0 Å². The number of rotatable bonds is 6. The van der Waals surface area contributed by atoms with E-state index in [1.54, 1.807) is 14.0 Å². The number of aliphatic hydroxyl groups is 1. The normalized spacial score (nSPS) is 20.4. The van der Waals surface area contributed by atoms with Crippen LogP contribution in [-0.2, 0) is 9.53 Å². The van der Waals surface area contributed by atoms with Crippen molar-refractivity contribution in [2.75, 3.05) is 26.8 Å². The van der Waals surface area contributed by atoms with Crippen LogP contribution in [0.5, 0.6) is 0 Å². The van der Waals surface area contributed by atoms with E-state index in [9.17, 15) is 19.8 Å². The Morgan fingerprint density at radius 2 is 1.95 bits per heavy atom. The Bertz CT molecular complexity index is 368. The molecule has 1 fully saturated rings. The van der Waals surface area contributed by atoms with Crippen LogP contribution in [0.4, 0.5) is 4.79 Å². The number of aliphatic carboxylic acids is 1. The van der Waals surface area contributed by atoms with Gasteiger partial charge in [-0.2, -0.15) is 0 Å². The van der Waals surface area contributed by atoms with E-state index in [0.29, 0.717) is 32.5 Å². The van der Waals surface area contributed by atoms with Gasteiger partial charge >= 0.3 is 12.0 Å². The van der Waals surface area contributed by atoms with Crippen molar-refractivity contribution in [3.8, 4) is 0 Å². The van der Waals surface area contributed by atoms with Crippen LogP contribution < -0.4 is 5.32 Å². The molecule has 0 aliphatic carbocycles. The smallest absolute Gasteiger partial charge is 0.326 e. The summed E-state index contributed by atoms with van der Waals surface area (Å²) < 4.78 is 5.19. The fourth-order valence-electron chi connectivity index (χ4n) is 2.35. The highest BCUT2D eigenvalue weighted by atomic mass is 16.5. The number of likely N-dealkylation sites (N-methyl/N-ethyl adjacent to an activating group) is 1. The minimum absolute atomic E-state index is 0.161. The molecule has 122 valence electrons. The predicted molar refractivity (Wildman–Crippen MR) is 77.0 cm³/mol. The van der Waals surface area contributed by atoms with Gasteiger partial charge in [-0.3, -0.25) is 0 Å². The number of nitrogens with one attached hydrogen (secondary N) is 1. The van der Waals surface area contributed by atoms with Gasteiger partial charge in [0.05, 0.1) is 12.1 Å². The van der Waals surface area contributed by atoms with Crippen molar-refractivity contribution in [1.82, 2.24) is 10.2 Å². The minimum Gasteiger partial charge on any atom is -0.480 e. The fourth-order valence-corrected chi connectivity index (χ4v) is 2.35. The summed E-state index contributed by atoms with van der Waals surface area (Å²) in [6.07, 6.45) is 1.60. The zero-order chi connectivity index (χ0) is 16.0. The first-order chi connectivity index (χ1) is 9.79. The summed E-state index contributed by atoms with van der Waals surface area (Å²) >= 11 is 0. The fraction of sp³-hybridized carbons (Fsp3) is 0.857. The summed E-state index contributed by atoms with van der Waals surface area (Å²) in [5.41, 5.74) is -0.959. The topological polar surface area (TPSA) is 99.1 Å². The maximum Gasteiger partial charge on any atom is 0.326 e. The molecule has 1 saturated heterocycles. The summed E-state index contributed by atoms with van der Waals surface area (Å²) in [6.45, 7) is 4.76. The molecule has 0 aromatic heterocycles. The molecule has 2 atom stereocenters. The summed E-state index contributed by atoms with van der Waals surface area (Å²) in [5, 5.41) is 22.1. The Labute approximate surface area is 125 Å². The van der Waals surface area contributed by atoms with Gasteiger partial charge in [0.1, 0.15) is 6.04 Å². The zero-order valence-electron chi connectivity index (χ0n) is 13.0. The van der Waals surface area contributed by atoms with Crippen molar-refractivity contribution in [2.45, 2.75) is 44.8 Å². The minimum atomic E-state index is -1.05. The summed E-state index contributed by atoms with van der Waals surface area (Å²) in [7, 11) is 1.55. The average molecular weight is 302 g/mol. The zero-order valence-corrected chi connectivity index (χ0v) is 13.0. The molecule has 3 N–H and O–H groups in total. The molecule has 0 radical (unpaired) electrons. The molecule has 0 saturated carbocycles. The van der Waals surface area contributed by atoms with Gasteiger partial charge in [-0.25, -0.2) is 9.59 Å². The Morgan fingerprint density at radius 1 is 1.38 bits per heavy atom. The molecule has 0 aromatic rings. The molecular formula is C14H26N2O5. The number of ether oxygens (including phenoxy) is 1. The van der Waals surface area contributed by atoms with E-state index in [0.717, 1.165) is 0 Å². The molecule has 1 heterocycles. The molecule has 1 rings (SSSR count). The number of amides is 2. The van der Waals surface area contributed by atoms with Crippen LogP contribution in [0.1, 0.15) is 33.1 Å². The molecule has 1 aliphatic heterocycles. The van der Waals surface area contributed by atoms with Crippen LogP contribution in [0, 0.1) is 5.92 Å². The van der Waals surface area contributed by atoms with Gasteiger partial charge in [0.15, 0.2) is 0 Å². The molecule has 0 bridgehead atoms. The molecule has 7 nitrogen and oxygen atoms in total. The van der Waals surface area contributed by atoms with Crippen LogP contribution in [0.2, 0.25) is 0 Å². The van der Waals surface area contributed by atoms with Crippen LogP contribution in [0.3, 0.4) is 0 Å². The monoisotopic (exact) mass is 302 g/mol. The number of carboxylic acids is 1. The van der Waals surface area contributed by atoms with Gasteiger partial charge in [0.25, 0.3) is 0 Å². The maximum atomic E-state index is 12.1. The highest BCUT2D eigenvalue weighted by molar-refractivity contribution is 5.82. The molecule has 7 heteroatoms. The third-order valence-corrected chi connectivity index (χ3v) is 4.06. The maximum absolute atomic E-state index is 12.1. The highest BCUT2D eigenvalue weighted by Gasteiger charge is 2.33. The molecule has 2 amide bonds. The largest absolute Gasteiger partial charge is 0.480 e. The lowest BCUT2D eigenvalue weighted by Crippen LogP contribution is -2.54. The second kappa shape index (κ2) is 7.61. The number of urea groups is 1. The second-order valence-corrected chi connectivity index (χ2v) is 5.84. The van der Waals surface area contributed by atoms with Gasteiger partial charge < -0.3 is 25.2 Å². The predicted octanol–water partition coefficient (Wildman–Crippen LogP) is 0.669. The number of carbonyl (C=O) groups excluding carboxylic acids is 1. The lowest BCUT2D eigenvalue weighted by molar-refractivity contribution is -0.140. The summed E-state index contributed by atoms with van der Waals surface area (Å²) in [4.78, 5) is 24.7. The van der Waals surface area contributed by atoms with Crippen LogP contribution >= 0.6 is 0 Å². The lowest BCUT2D eigenvalue weighted by Gasteiger charge is -2.35. The molecule has 0 aromatic carbocycles. The van der Waals surface area contributed by atoms with E-state index in [1.807, 2.05) is 6.92 Å². The van der Waals surface area contributed by atoms with Gasteiger partial charge in [0, 0.05) is 33.1 Å². The van der Waals surface area contributed by atoms with E-state index in [-0.39, 0.29) is 12.5 Å². The van der Waals surface area contributed by atoms with Gasteiger partial charge in [-0.05, 0) is 5.92 Å². The Morgan fingerprint density at radius 3 is 2.43 bits per heavy atom. The van der Waals surface area contributed by atoms with Crippen LogP contribution in [0.25, 0.3) is 0 Å². The second-order valence-electron chi connectivity index (χ2n) is 5.84. The van der Waals surface area contributed by atoms with E-state index in [1.165, 1.54) is 4.90 Å². The number of carboxylic acid groups (broad SMARTS) is 1. The van der Waals surface area contributed by atoms with Crippen molar-refractivity contribution in [1.29, 1.82) is 0 Å². The van der Waals surface area contributed by atoms with Gasteiger partial charge in [0.2, 0.25) is 0 Å². The van der Waals surface area contributed by atoms with Crippen molar-refractivity contribution >= 4 is 12.0 Å².